The summed E-state index contributed by atoms with van der Waals surface area (Å²) in [5.74, 6) is 0.415. The largest absolute Gasteiger partial charge is 0.507 e. The maximum absolute atomic E-state index is 9.67. The van der Waals surface area contributed by atoms with Gasteiger partial charge in [0.05, 0.1) is 0 Å². The van der Waals surface area contributed by atoms with Crippen LogP contribution < -0.4 is 0 Å². The zero-order chi connectivity index (χ0) is 11.0. The Morgan fingerprint density at radius 2 is 1.93 bits per heavy atom. The summed E-state index contributed by atoms with van der Waals surface area (Å²) in [6, 6.07) is 5.82. The van der Waals surface area contributed by atoms with Gasteiger partial charge >= 0.3 is 0 Å². The van der Waals surface area contributed by atoms with E-state index in [2.05, 4.69) is 0 Å². The number of rotatable bonds is 2. The summed E-state index contributed by atoms with van der Waals surface area (Å²) in [5, 5.41) is 9.67. The quantitative estimate of drug-likeness (QED) is 0.750. The average molecular weight is 192 g/mol. The summed E-state index contributed by atoms with van der Waals surface area (Å²) in [7, 11) is 0. The molecule has 0 fully saturated rings. The molecule has 0 aliphatic rings. The first-order valence-corrected chi connectivity index (χ1v) is 5.23. The summed E-state index contributed by atoms with van der Waals surface area (Å²) in [6.07, 6.45) is 4.71. The molecule has 0 spiro atoms. The summed E-state index contributed by atoms with van der Waals surface area (Å²) < 4.78 is 0. The lowest BCUT2D eigenvalue weighted by Gasteiger charge is -2.03. The zero-order valence-corrected chi connectivity index (χ0v) is 9.54. The maximum Gasteiger partial charge on any atom is 0.125 e. The molecule has 1 aromatic rings. The van der Waals surface area contributed by atoms with E-state index in [-0.39, 0.29) is 0 Å². The van der Waals surface area contributed by atoms with E-state index in [9.17, 15) is 5.11 Å². The van der Waals surface area contributed by atoms with Gasteiger partial charge in [-0.1, -0.05) is 51.1 Å². The van der Waals surface area contributed by atoms with Crippen LogP contribution in [-0.4, -0.2) is 5.11 Å². The smallest absolute Gasteiger partial charge is 0.125 e. The second kappa shape index (κ2) is 7.19. The molecule has 0 saturated heterocycles. The van der Waals surface area contributed by atoms with Crippen LogP contribution in [0.5, 0.6) is 5.75 Å². The second-order valence-electron chi connectivity index (χ2n) is 2.71. The van der Waals surface area contributed by atoms with Crippen LogP contribution in [0, 0.1) is 0 Å². The summed E-state index contributed by atoms with van der Waals surface area (Å²) in [5.41, 5.74) is 1.91. The number of allylic oxidation sites excluding steroid dienone is 1. The molecule has 1 heteroatoms. The van der Waals surface area contributed by atoms with Crippen LogP contribution in [0.2, 0.25) is 0 Å². The Bertz CT molecular complexity index is 287. The van der Waals surface area contributed by atoms with E-state index < -0.39 is 0 Å². The highest BCUT2D eigenvalue weighted by atomic mass is 16.3. The molecule has 0 atom stereocenters. The number of hydrogen-bond donors (Lipinski definition) is 1. The molecule has 1 nitrogen and oxygen atoms in total. The van der Waals surface area contributed by atoms with Crippen LogP contribution in [0.25, 0.3) is 6.08 Å². The van der Waals surface area contributed by atoms with Gasteiger partial charge in [0.2, 0.25) is 0 Å². The van der Waals surface area contributed by atoms with Gasteiger partial charge < -0.3 is 5.11 Å². The molecule has 0 aliphatic carbocycles. The molecule has 0 radical (unpaired) electrons. The van der Waals surface area contributed by atoms with Crippen molar-refractivity contribution >= 4 is 6.08 Å². The number of aryl methyl sites for hydroxylation is 1. The molecule has 0 unspecified atom stereocenters. The van der Waals surface area contributed by atoms with Gasteiger partial charge in [0.25, 0.3) is 0 Å². The molecule has 0 bridgehead atoms. The SMILES string of the molecule is C/C=C/c1cccc(CC)c1O.CC. The summed E-state index contributed by atoms with van der Waals surface area (Å²) in [6.45, 7) is 7.98. The number of benzene rings is 1. The van der Waals surface area contributed by atoms with Crippen molar-refractivity contribution in [3.63, 3.8) is 0 Å². The number of phenolic OH excluding ortho intramolecular Hbond substituents is 1. The fourth-order valence-electron chi connectivity index (χ4n) is 1.21. The van der Waals surface area contributed by atoms with Gasteiger partial charge in [0.15, 0.2) is 0 Å². The minimum atomic E-state index is 0.415. The van der Waals surface area contributed by atoms with E-state index >= 15 is 0 Å². The average Bonchev–Trinajstić information content (AvgIpc) is 2.24. The highest BCUT2D eigenvalue weighted by Gasteiger charge is 2.00. The Kier molecular flexibility index (Phi) is 6.55. The van der Waals surface area contributed by atoms with Gasteiger partial charge in [0, 0.05) is 5.56 Å². The molecule has 1 N–H and O–H groups in total. The van der Waals surface area contributed by atoms with Gasteiger partial charge in [-0.3, -0.25) is 0 Å². The van der Waals surface area contributed by atoms with E-state index in [1.54, 1.807) is 0 Å². The second-order valence-corrected chi connectivity index (χ2v) is 2.71. The van der Waals surface area contributed by atoms with Crippen molar-refractivity contribution in [2.24, 2.45) is 0 Å². The van der Waals surface area contributed by atoms with Crippen molar-refractivity contribution in [1.82, 2.24) is 0 Å². The highest BCUT2D eigenvalue weighted by Crippen LogP contribution is 2.23. The zero-order valence-electron chi connectivity index (χ0n) is 9.54. The van der Waals surface area contributed by atoms with Crippen molar-refractivity contribution in [1.29, 1.82) is 0 Å². The number of phenols is 1. The van der Waals surface area contributed by atoms with E-state index in [0.29, 0.717) is 5.75 Å². The van der Waals surface area contributed by atoms with Crippen molar-refractivity contribution in [2.75, 3.05) is 0 Å². The van der Waals surface area contributed by atoms with Crippen molar-refractivity contribution in [3.05, 3.63) is 35.4 Å². The topological polar surface area (TPSA) is 20.2 Å². The first-order valence-electron chi connectivity index (χ1n) is 5.23. The maximum atomic E-state index is 9.67. The fraction of sp³-hybridized carbons (Fsp3) is 0.385. The molecule has 1 rings (SSSR count). The van der Waals surface area contributed by atoms with Crippen LogP contribution in [-0.2, 0) is 6.42 Å². The molecule has 0 aromatic heterocycles. The van der Waals surface area contributed by atoms with Crippen molar-refractivity contribution < 1.29 is 5.11 Å². The molecule has 0 amide bonds. The first-order chi connectivity index (χ1) is 6.79. The van der Waals surface area contributed by atoms with E-state index in [4.69, 9.17) is 0 Å². The third kappa shape index (κ3) is 3.25. The van der Waals surface area contributed by atoms with Crippen LogP contribution in [0.15, 0.2) is 24.3 Å². The van der Waals surface area contributed by atoms with Crippen molar-refractivity contribution in [3.8, 4) is 5.75 Å². The van der Waals surface area contributed by atoms with Crippen LogP contribution >= 0.6 is 0 Å². The standard InChI is InChI=1S/C11H14O.C2H6/c1-3-6-10-8-5-7-9(4-2)11(10)12;1-2/h3,5-8,12H,4H2,1-2H3;1-2H3/b6-3+;. The lowest BCUT2D eigenvalue weighted by atomic mass is 10.1. The third-order valence-electron chi connectivity index (χ3n) is 1.88. The predicted molar refractivity (Wildman–Crippen MR) is 63.5 cm³/mol. The summed E-state index contributed by atoms with van der Waals surface area (Å²) in [4.78, 5) is 0. The molecular formula is C13H20O. The van der Waals surface area contributed by atoms with E-state index in [1.165, 1.54) is 0 Å². The monoisotopic (exact) mass is 192 g/mol. The van der Waals surface area contributed by atoms with Crippen LogP contribution in [0.4, 0.5) is 0 Å². The summed E-state index contributed by atoms with van der Waals surface area (Å²) >= 11 is 0. The van der Waals surface area contributed by atoms with Crippen LogP contribution in [0.3, 0.4) is 0 Å². The van der Waals surface area contributed by atoms with E-state index in [0.717, 1.165) is 17.5 Å². The fourth-order valence-corrected chi connectivity index (χ4v) is 1.21. The Labute approximate surface area is 87.1 Å². The molecule has 78 valence electrons. The van der Waals surface area contributed by atoms with E-state index in [1.807, 2.05) is 58.0 Å². The van der Waals surface area contributed by atoms with Gasteiger partial charge in [-0.15, -0.1) is 0 Å². The number of aromatic hydroxyl groups is 1. The van der Waals surface area contributed by atoms with Gasteiger partial charge in [-0.05, 0) is 18.9 Å². The molecular weight excluding hydrogens is 172 g/mol. The lowest BCUT2D eigenvalue weighted by Crippen LogP contribution is -1.83. The van der Waals surface area contributed by atoms with Gasteiger partial charge in [0.1, 0.15) is 5.75 Å². The Morgan fingerprint density at radius 1 is 1.29 bits per heavy atom. The van der Waals surface area contributed by atoms with Gasteiger partial charge in [-0.25, -0.2) is 0 Å². The lowest BCUT2D eigenvalue weighted by molar-refractivity contribution is 0.467. The molecule has 0 saturated carbocycles. The minimum absolute atomic E-state index is 0.415. The Morgan fingerprint density at radius 3 is 2.43 bits per heavy atom. The third-order valence-corrected chi connectivity index (χ3v) is 1.88. The predicted octanol–water partition coefficient (Wildman–Crippen LogP) is 4.01. The number of hydrogen-bond acceptors (Lipinski definition) is 1. The first kappa shape index (κ1) is 12.8. The molecule has 0 heterocycles. The Hall–Kier alpha value is -1.24. The number of para-hydroxylation sites is 1. The van der Waals surface area contributed by atoms with Gasteiger partial charge in [-0.2, -0.15) is 0 Å². The van der Waals surface area contributed by atoms with Crippen molar-refractivity contribution in [2.45, 2.75) is 34.1 Å². The minimum Gasteiger partial charge on any atom is -0.507 e. The molecule has 0 aliphatic heterocycles. The molecule has 14 heavy (non-hydrogen) atoms. The van der Waals surface area contributed by atoms with Crippen LogP contribution in [0.1, 0.15) is 38.8 Å². The molecule has 1 aromatic carbocycles. The highest BCUT2D eigenvalue weighted by molar-refractivity contribution is 5.59. The Balaban J connectivity index is 0.000000791. The normalized spacial score (nSPS) is 9.71.